The van der Waals surface area contributed by atoms with Crippen LogP contribution in [-0.4, -0.2) is 32.3 Å². The van der Waals surface area contributed by atoms with Crippen LogP contribution < -0.4 is 10.6 Å². The monoisotopic (exact) mass is 192 g/mol. The summed E-state index contributed by atoms with van der Waals surface area (Å²) in [5, 5.41) is 6.66. The zero-order valence-corrected chi connectivity index (χ0v) is 8.20. The van der Waals surface area contributed by atoms with E-state index in [1.807, 2.05) is 18.2 Å². The van der Waals surface area contributed by atoms with Crippen LogP contribution in [0.5, 0.6) is 0 Å². The van der Waals surface area contributed by atoms with E-state index < -0.39 is 0 Å². The first-order valence-corrected chi connectivity index (χ1v) is 5.06. The molecule has 0 spiro atoms. The van der Waals surface area contributed by atoms with Gasteiger partial charge in [0.05, 0.1) is 12.7 Å². The van der Waals surface area contributed by atoms with Gasteiger partial charge < -0.3 is 15.4 Å². The highest BCUT2D eigenvalue weighted by Crippen LogP contribution is 2.05. The first-order valence-electron chi connectivity index (χ1n) is 5.06. The SMILES string of the molecule is c1ccc(NCC2CNCCO2)cc1. The zero-order valence-electron chi connectivity index (χ0n) is 8.20. The first-order chi connectivity index (χ1) is 6.95. The first kappa shape index (κ1) is 9.49. The van der Waals surface area contributed by atoms with Gasteiger partial charge in [0.15, 0.2) is 0 Å². The molecule has 1 aliphatic rings. The molecule has 1 unspecified atom stereocenters. The van der Waals surface area contributed by atoms with Gasteiger partial charge in [-0.05, 0) is 12.1 Å². The minimum absolute atomic E-state index is 0.295. The molecule has 0 aliphatic carbocycles. The van der Waals surface area contributed by atoms with Gasteiger partial charge in [-0.1, -0.05) is 18.2 Å². The number of benzene rings is 1. The number of ether oxygens (including phenoxy) is 1. The third-order valence-electron chi connectivity index (χ3n) is 2.31. The molecule has 14 heavy (non-hydrogen) atoms. The molecule has 1 heterocycles. The van der Waals surface area contributed by atoms with Gasteiger partial charge in [0.25, 0.3) is 0 Å². The van der Waals surface area contributed by atoms with Crippen LogP contribution in [0.3, 0.4) is 0 Å². The van der Waals surface area contributed by atoms with Crippen molar-refractivity contribution in [1.82, 2.24) is 5.32 Å². The molecule has 3 nitrogen and oxygen atoms in total. The molecule has 0 saturated carbocycles. The van der Waals surface area contributed by atoms with Crippen molar-refractivity contribution in [3.8, 4) is 0 Å². The fourth-order valence-electron chi connectivity index (χ4n) is 1.54. The molecule has 1 saturated heterocycles. The molecule has 0 amide bonds. The Balaban J connectivity index is 1.76. The molecule has 2 N–H and O–H groups in total. The zero-order chi connectivity index (χ0) is 9.64. The number of para-hydroxylation sites is 1. The quantitative estimate of drug-likeness (QED) is 0.752. The third kappa shape index (κ3) is 2.72. The molecule has 1 fully saturated rings. The second-order valence-electron chi connectivity index (χ2n) is 3.44. The van der Waals surface area contributed by atoms with Gasteiger partial charge in [0, 0.05) is 25.3 Å². The highest BCUT2D eigenvalue weighted by molar-refractivity contribution is 5.42. The minimum atomic E-state index is 0.295. The molecular weight excluding hydrogens is 176 g/mol. The molecule has 1 aromatic carbocycles. The minimum Gasteiger partial charge on any atom is -0.382 e. The topological polar surface area (TPSA) is 33.3 Å². The van der Waals surface area contributed by atoms with Gasteiger partial charge in [-0.25, -0.2) is 0 Å². The lowest BCUT2D eigenvalue weighted by atomic mass is 10.2. The van der Waals surface area contributed by atoms with E-state index in [-0.39, 0.29) is 0 Å². The molecule has 1 aliphatic heterocycles. The smallest absolute Gasteiger partial charge is 0.0872 e. The van der Waals surface area contributed by atoms with E-state index in [4.69, 9.17) is 4.74 Å². The standard InChI is InChI=1S/C11H16N2O/c1-2-4-10(5-3-1)13-9-11-8-12-6-7-14-11/h1-5,11-13H,6-9H2. The highest BCUT2D eigenvalue weighted by Gasteiger charge is 2.12. The Morgan fingerprint density at radius 3 is 2.93 bits per heavy atom. The van der Waals surface area contributed by atoms with Crippen molar-refractivity contribution in [2.75, 3.05) is 31.6 Å². The summed E-state index contributed by atoms with van der Waals surface area (Å²) in [7, 11) is 0. The van der Waals surface area contributed by atoms with Crippen LogP contribution >= 0.6 is 0 Å². The van der Waals surface area contributed by atoms with E-state index in [1.165, 1.54) is 0 Å². The van der Waals surface area contributed by atoms with Gasteiger partial charge in [-0.3, -0.25) is 0 Å². The number of anilines is 1. The number of hydrogen-bond donors (Lipinski definition) is 2. The van der Waals surface area contributed by atoms with E-state index >= 15 is 0 Å². The largest absolute Gasteiger partial charge is 0.382 e. The van der Waals surface area contributed by atoms with E-state index in [0.29, 0.717) is 6.10 Å². The Hall–Kier alpha value is -1.06. The summed E-state index contributed by atoms with van der Waals surface area (Å²) in [6, 6.07) is 10.2. The second kappa shape index (κ2) is 4.98. The lowest BCUT2D eigenvalue weighted by Gasteiger charge is -2.24. The van der Waals surface area contributed by atoms with Crippen molar-refractivity contribution in [2.45, 2.75) is 6.10 Å². The molecule has 3 heteroatoms. The number of nitrogens with one attached hydrogen (secondary N) is 2. The van der Waals surface area contributed by atoms with Gasteiger partial charge in [0.2, 0.25) is 0 Å². The van der Waals surface area contributed by atoms with E-state index in [1.54, 1.807) is 0 Å². The van der Waals surface area contributed by atoms with Crippen molar-refractivity contribution in [1.29, 1.82) is 0 Å². The summed E-state index contributed by atoms with van der Waals surface area (Å²) in [5.41, 5.74) is 1.15. The summed E-state index contributed by atoms with van der Waals surface area (Å²) in [6.45, 7) is 3.61. The van der Waals surface area contributed by atoms with Crippen molar-refractivity contribution < 1.29 is 4.74 Å². The Labute approximate surface area is 84.5 Å². The number of hydrogen-bond acceptors (Lipinski definition) is 3. The van der Waals surface area contributed by atoms with Crippen molar-refractivity contribution in [2.24, 2.45) is 0 Å². The maximum atomic E-state index is 5.57. The summed E-state index contributed by atoms with van der Waals surface area (Å²) in [5.74, 6) is 0. The Kier molecular flexibility index (Phi) is 3.38. The van der Waals surface area contributed by atoms with Crippen LogP contribution in [-0.2, 0) is 4.74 Å². The molecule has 76 valence electrons. The number of morpholine rings is 1. The van der Waals surface area contributed by atoms with Crippen LogP contribution in [0.1, 0.15) is 0 Å². The van der Waals surface area contributed by atoms with Gasteiger partial charge in [0.1, 0.15) is 0 Å². The molecule has 0 radical (unpaired) electrons. The second-order valence-corrected chi connectivity index (χ2v) is 3.44. The fourth-order valence-corrected chi connectivity index (χ4v) is 1.54. The van der Waals surface area contributed by atoms with E-state index in [9.17, 15) is 0 Å². The van der Waals surface area contributed by atoms with Gasteiger partial charge >= 0.3 is 0 Å². The molecule has 0 bridgehead atoms. The Morgan fingerprint density at radius 2 is 2.21 bits per heavy atom. The Bertz CT molecular complexity index is 257. The summed E-state index contributed by atoms with van der Waals surface area (Å²) < 4.78 is 5.57. The lowest BCUT2D eigenvalue weighted by molar-refractivity contribution is 0.0372. The maximum Gasteiger partial charge on any atom is 0.0872 e. The number of rotatable bonds is 3. The molecule has 1 atom stereocenters. The highest BCUT2D eigenvalue weighted by atomic mass is 16.5. The van der Waals surface area contributed by atoms with Crippen molar-refractivity contribution in [3.05, 3.63) is 30.3 Å². The predicted octanol–water partition coefficient (Wildman–Crippen LogP) is 1.09. The van der Waals surface area contributed by atoms with Crippen LogP contribution in [0.15, 0.2) is 30.3 Å². The van der Waals surface area contributed by atoms with Crippen LogP contribution in [0.4, 0.5) is 5.69 Å². The summed E-state index contributed by atoms with van der Waals surface area (Å²) >= 11 is 0. The van der Waals surface area contributed by atoms with Gasteiger partial charge in [-0.2, -0.15) is 0 Å². The lowest BCUT2D eigenvalue weighted by Crippen LogP contribution is -2.42. The fraction of sp³-hybridized carbons (Fsp3) is 0.455. The Morgan fingerprint density at radius 1 is 1.36 bits per heavy atom. The van der Waals surface area contributed by atoms with Crippen molar-refractivity contribution >= 4 is 5.69 Å². The average Bonchev–Trinajstić information content (AvgIpc) is 2.29. The third-order valence-corrected chi connectivity index (χ3v) is 2.31. The van der Waals surface area contributed by atoms with Crippen LogP contribution in [0.25, 0.3) is 0 Å². The summed E-state index contributed by atoms with van der Waals surface area (Å²) in [6.07, 6.45) is 0.295. The molecule has 1 aromatic rings. The average molecular weight is 192 g/mol. The molecule has 0 aromatic heterocycles. The van der Waals surface area contributed by atoms with E-state index in [0.717, 1.165) is 31.9 Å². The van der Waals surface area contributed by atoms with Crippen LogP contribution in [0, 0.1) is 0 Å². The molecular formula is C11H16N2O. The predicted molar refractivity (Wildman–Crippen MR) is 57.5 cm³/mol. The van der Waals surface area contributed by atoms with E-state index in [2.05, 4.69) is 22.8 Å². The maximum absolute atomic E-state index is 5.57. The normalized spacial score (nSPS) is 21.9. The van der Waals surface area contributed by atoms with Gasteiger partial charge in [-0.15, -0.1) is 0 Å². The van der Waals surface area contributed by atoms with Crippen molar-refractivity contribution in [3.63, 3.8) is 0 Å². The molecule has 2 rings (SSSR count). The van der Waals surface area contributed by atoms with Crippen LogP contribution in [0.2, 0.25) is 0 Å². The summed E-state index contributed by atoms with van der Waals surface area (Å²) in [4.78, 5) is 0.